The highest BCUT2D eigenvalue weighted by Gasteiger charge is 2.27. The molecule has 7 heteroatoms. The first-order chi connectivity index (χ1) is 14.5. The second-order valence-electron chi connectivity index (χ2n) is 7.79. The van der Waals surface area contributed by atoms with Crippen LogP contribution in [0.2, 0.25) is 0 Å². The topological polar surface area (TPSA) is 90.5 Å². The fourth-order valence-electron chi connectivity index (χ4n) is 3.87. The van der Waals surface area contributed by atoms with Crippen LogP contribution in [0.4, 0.5) is 0 Å². The third-order valence-corrected chi connectivity index (χ3v) is 5.59. The molecule has 1 aliphatic heterocycles. The van der Waals surface area contributed by atoms with E-state index in [1.807, 2.05) is 60.0 Å². The number of piperidine rings is 1. The number of nitrogens with zero attached hydrogens (tertiary/aromatic N) is 3. The van der Waals surface area contributed by atoms with Gasteiger partial charge in [0.15, 0.2) is 0 Å². The molecular weight excluding hydrogens is 380 g/mol. The highest BCUT2D eigenvalue weighted by atomic mass is 16.5. The summed E-state index contributed by atoms with van der Waals surface area (Å²) in [6.07, 6.45) is 1.52. The van der Waals surface area contributed by atoms with E-state index >= 15 is 0 Å². The molecule has 156 valence electrons. The molecule has 2 N–H and O–H groups in total. The van der Waals surface area contributed by atoms with E-state index < -0.39 is 0 Å². The Labute approximate surface area is 175 Å². The molecule has 1 aliphatic rings. The van der Waals surface area contributed by atoms with E-state index in [0.29, 0.717) is 18.9 Å². The van der Waals surface area contributed by atoms with Gasteiger partial charge in [-0.05, 0) is 44.0 Å². The van der Waals surface area contributed by atoms with Crippen molar-refractivity contribution in [2.45, 2.75) is 32.9 Å². The number of fused-ring (bicyclic) bond motifs is 1. The summed E-state index contributed by atoms with van der Waals surface area (Å²) >= 11 is 0. The van der Waals surface area contributed by atoms with Gasteiger partial charge in [-0.3, -0.25) is 9.59 Å². The van der Waals surface area contributed by atoms with Gasteiger partial charge in [0.1, 0.15) is 24.7 Å². The number of benzene rings is 2. The van der Waals surface area contributed by atoms with E-state index in [4.69, 9.17) is 10.5 Å². The van der Waals surface area contributed by atoms with E-state index in [9.17, 15) is 9.59 Å². The molecule has 1 fully saturated rings. The molecule has 3 aromatic rings. The lowest BCUT2D eigenvalue weighted by Gasteiger charge is -2.31. The first-order valence-electron chi connectivity index (χ1n) is 10.2. The number of ether oxygens (including phenoxy) is 1. The summed E-state index contributed by atoms with van der Waals surface area (Å²) in [6.45, 7) is 3.46. The van der Waals surface area contributed by atoms with E-state index in [0.717, 1.165) is 35.2 Å². The number of imidazole rings is 1. The summed E-state index contributed by atoms with van der Waals surface area (Å²) in [5, 5.41) is 0. The fourth-order valence-corrected chi connectivity index (χ4v) is 3.87. The van der Waals surface area contributed by atoms with Crippen LogP contribution >= 0.6 is 0 Å². The lowest BCUT2D eigenvalue weighted by molar-refractivity contribution is -0.135. The van der Waals surface area contributed by atoms with Crippen molar-refractivity contribution in [3.63, 3.8) is 0 Å². The second-order valence-corrected chi connectivity index (χ2v) is 7.79. The van der Waals surface area contributed by atoms with Gasteiger partial charge in [0.25, 0.3) is 0 Å². The van der Waals surface area contributed by atoms with Gasteiger partial charge in [-0.1, -0.05) is 29.8 Å². The molecule has 0 spiro atoms. The molecule has 2 heterocycles. The normalized spacial score (nSPS) is 16.6. The Balaban J connectivity index is 1.54. The number of primary amides is 1. The molecule has 0 radical (unpaired) electrons. The van der Waals surface area contributed by atoms with Gasteiger partial charge < -0.3 is 19.9 Å². The van der Waals surface area contributed by atoms with Crippen molar-refractivity contribution < 1.29 is 14.3 Å². The maximum atomic E-state index is 13.0. The average Bonchev–Trinajstić information content (AvgIpc) is 3.11. The van der Waals surface area contributed by atoms with Crippen molar-refractivity contribution in [1.29, 1.82) is 0 Å². The van der Waals surface area contributed by atoms with Gasteiger partial charge in [-0.15, -0.1) is 0 Å². The molecule has 7 nitrogen and oxygen atoms in total. The molecule has 0 aliphatic carbocycles. The quantitative estimate of drug-likeness (QED) is 0.681. The van der Waals surface area contributed by atoms with Crippen molar-refractivity contribution in [2.75, 3.05) is 13.1 Å². The number of hydrogen-bond donors (Lipinski definition) is 1. The van der Waals surface area contributed by atoms with Crippen LogP contribution in [0.25, 0.3) is 11.0 Å². The Morgan fingerprint density at radius 3 is 2.70 bits per heavy atom. The van der Waals surface area contributed by atoms with Crippen LogP contribution in [0.5, 0.6) is 5.75 Å². The molecule has 1 unspecified atom stereocenters. The fraction of sp³-hybridized carbons (Fsp3) is 0.348. The van der Waals surface area contributed by atoms with Gasteiger partial charge in [0.05, 0.1) is 17.0 Å². The summed E-state index contributed by atoms with van der Waals surface area (Å²) in [5.41, 5.74) is 8.33. The smallest absolute Gasteiger partial charge is 0.242 e. The second kappa shape index (κ2) is 8.57. The predicted molar refractivity (Wildman–Crippen MR) is 114 cm³/mol. The minimum atomic E-state index is -0.340. The van der Waals surface area contributed by atoms with Gasteiger partial charge in [0.2, 0.25) is 11.8 Å². The van der Waals surface area contributed by atoms with E-state index in [2.05, 4.69) is 4.98 Å². The number of hydrogen-bond acceptors (Lipinski definition) is 4. The molecule has 0 saturated carbocycles. The monoisotopic (exact) mass is 406 g/mol. The number of carbonyl (C=O) groups excluding carboxylic acids is 2. The largest absolute Gasteiger partial charge is 0.486 e. The Morgan fingerprint density at radius 1 is 1.17 bits per heavy atom. The first kappa shape index (κ1) is 19.9. The molecule has 4 rings (SSSR count). The summed E-state index contributed by atoms with van der Waals surface area (Å²) in [6, 6.07) is 15.6. The minimum Gasteiger partial charge on any atom is -0.486 e. The van der Waals surface area contributed by atoms with Gasteiger partial charge in [0, 0.05) is 13.1 Å². The third-order valence-electron chi connectivity index (χ3n) is 5.59. The van der Waals surface area contributed by atoms with Crippen LogP contribution in [0.3, 0.4) is 0 Å². The summed E-state index contributed by atoms with van der Waals surface area (Å²) in [5.74, 6) is 0.791. The van der Waals surface area contributed by atoms with Crippen molar-refractivity contribution in [3.8, 4) is 5.75 Å². The maximum absolute atomic E-state index is 13.0. The lowest BCUT2D eigenvalue weighted by Crippen LogP contribution is -2.45. The van der Waals surface area contributed by atoms with Crippen molar-refractivity contribution in [2.24, 2.45) is 11.7 Å². The molecule has 1 aromatic heterocycles. The zero-order chi connectivity index (χ0) is 21.1. The number of rotatable bonds is 6. The highest BCUT2D eigenvalue weighted by Crippen LogP contribution is 2.21. The molecular formula is C23H26N4O3. The molecule has 2 amide bonds. The van der Waals surface area contributed by atoms with Crippen molar-refractivity contribution in [1.82, 2.24) is 14.5 Å². The van der Waals surface area contributed by atoms with E-state index in [1.165, 1.54) is 0 Å². The van der Waals surface area contributed by atoms with Crippen LogP contribution in [-0.4, -0.2) is 39.4 Å². The zero-order valence-electron chi connectivity index (χ0n) is 17.1. The number of amides is 2. The van der Waals surface area contributed by atoms with Crippen molar-refractivity contribution in [3.05, 3.63) is 59.9 Å². The Bertz CT molecular complexity index is 1060. The molecule has 1 atom stereocenters. The number of para-hydroxylation sites is 2. The molecule has 1 saturated heterocycles. The lowest BCUT2D eigenvalue weighted by atomic mass is 9.97. The highest BCUT2D eigenvalue weighted by molar-refractivity contribution is 5.82. The summed E-state index contributed by atoms with van der Waals surface area (Å²) in [4.78, 5) is 31.0. The number of carbonyl (C=O) groups is 2. The zero-order valence-corrected chi connectivity index (χ0v) is 17.1. The number of likely N-dealkylation sites (tertiary alicyclic amines) is 1. The number of nitrogens with two attached hydrogens (primary N) is 1. The van der Waals surface area contributed by atoms with Crippen LogP contribution < -0.4 is 10.5 Å². The van der Waals surface area contributed by atoms with Crippen molar-refractivity contribution >= 4 is 22.8 Å². The number of aryl methyl sites for hydroxylation is 1. The van der Waals surface area contributed by atoms with Gasteiger partial charge in [-0.25, -0.2) is 4.98 Å². The van der Waals surface area contributed by atoms with Gasteiger partial charge in [-0.2, -0.15) is 0 Å². The third kappa shape index (κ3) is 4.30. The maximum Gasteiger partial charge on any atom is 0.242 e. The van der Waals surface area contributed by atoms with E-state index in [1.54, 1.807) is 4.90 Å². The molecule has 0 bridgehead atoms. The predicted octanol–water partition coefficient (Wildman–Crippen LogP) is 2.65. The summed E-state index contributed by atoms with van der Waals surface area (Å²) < 4.78 is 7.83. The SMILES string of the molecule is Cc1ccc(OCc2nc3ccccc3n2CC(=O)N2CCCC(C(N)=O)C2)cc1. The van der Waals surface area contributed by atoms with Crippen LogP contribution in [0, 0.1) is 12.8 Å². The van der Waals surface area contributed by atoms with E-state index in [-0.39, 0.29) is 30.9 Å². The Hall–Kier alpha value is -3.35. The average molecular weight is 406 g/mol. The Kier molecular flexibility index (Phi) is 5.70. The summed E-state index contributed by atoms with van der Waals surface area (Å²) in [7, 11) is 0. The molecule has 30 heavy (non-hydrogen) atoms. The van der Waals surface area contributed by atoms with Crippen LogP contribution in [0.1, 0.15) is 24.2 Å². The standard InChI is InChI=1S/C23H26N4O3/c1-16-8-10-18(11-9-16)30-15-21-25-19-6-2-3-7-20(19)27(21)14-22(28)26-12-4-5-17(13-26)23(24)29/h2-3,6-11,17H,4-5,12-15H2,1H3,(H2,24,29). The van der Waals surface area contributed by atoms with Gasteiger partial charge >= 0.3 is 0 Å². The van der Waals surface area contributed by atoms with Crippen LogP contribution in [0.15, 0.2) is 48.5 Å². The number of aromatic nitrogens is 2. The molecule has 2 aromatic carbocycles. The Morgan fingerprint density at radius 2 is 1.93 bits per heavy atom. The minimum absolute atomic E-state index is 0.0410. The van der Waals surface area contributed by atoms with Crippen LogP contribution in [-0.2, 0) is 22.7 Å². The first-order valence-corrected chi connectivity index (χ1v) is 10.2.